The van der Waals surface area contributed by atoms with Gasteiger partial charge in [0.25, 0.3) is 0 Å². The third-order valence-corrected chi connectivity index (χ3v) is 8.53. The average molecular weight is 426 g/mol. The van der Waals surface area contributed by atoms with Crippen LogP contribution in [0.3, 0.4) is 0 Å². The van der Waals surface area contributed by atoms with Crippen LogP contribution in [-0.4, -0.2) is 27.0 Å². The summed E-state index contributed by atoms with van der Waals surface area (Å²) in [5, 5.41) is 0. The van der Waals surface area contributed by atoms with Gasteiger partial charge in [0, 0.05) is 12.5 Å². The fourth-order valence-electron chi connectivity index (χ4n) is 4.06. The Bertz CT molecular complexity index is 437. The summed E-state index contributed by atoms with van der Waals surface area (Å²) in [4.78, 5) is 5.21. The van der Waals surface area contributed by atoms with Crippen molar-refractivity contribution in [1.29, 1.82) is 0 Å². The van der Waals surface area contributed by atoms with Crippen LogP contribution in [0.2, 0.25) is 18.6 Å². The molecule has 2 aliphatic rings. The number of rotatable bonds is 3. The zero-order valence-electron chi connectivity index (χ0n) is 16.2. The molecule has 2 nitrogen and oxygen atoms in total. The molecular formula is C18H33Cl2NOSiTi-2. The van der Waals surface area contributed by atoms with Gasteiger partial charge >= 0.3 is 35.6 Å². The van der Waals surface area contributed by atoms with Crippen molar-refractivity contribution in [2.75, 3.05) is 7.11 Å². The summed E-state index contributed by atoms with van der Waals surface area (Å²) in [5.41, 5.74) is 1.03. The summed E-state index contributed by atoms with van der Waals surface area (Å²) in [6.07, 6.45) is 12.9. The van der Waals surface area contributed by atoms with Crippen LogP contribution in [0.15, 0.2) is 24.3 Å². The van der Waals surface area contributed by atoms with E-state index >= 15 is 0 Å². The van der Waals surface area contributed by atoms with Gasteiger partial charge in [0.15, 0.2) is 0 Å². The molecule has 3 atom stereocenters. The summed E-state index contributed by atoms with van der Waals surface area (Å²) in [6, 6.07) is 0. The average Bonchev–Trinajstić information content (AvgIpc) is 2.77. The van der Waals surface area contributed by atoms with Gasteiger partial charge in [-0.2, -0.15) is 0 Å². The molecule has 0 heterocycles. The molecule has 0 amide bonds. The summed E-state index contributed by atoms with van der Waals surface area (Å²) >= 11 is -0.556. The number of methoxy groups -OCH3 is 1. The quantitative estimate of drug-likeness (QED) is 0.357. The zero-order valence-corrected chi connectivity index (χ0v) is 20.3. The van der Waals surface area contributed by atoms with E-state index in [1.54, 1.807) is 0 Å². The van der Waals surface area contributed by atoms with E-state index in [9.17, 15) is 0 Å². The fraction of sp³-hybridized carbons (Fsp3) is 0.722. The second-order valence-corrected chi connectivity index (χ2v) is 15.0. The van der Waals surface area contributed by atoms with Crippen molar-refractivity contribution in [2.45, 2.75) is 70.3 Å². The van der Waals surface area contributed by atoms with Gasteiger partial charge in [-0.15, -0.1) is 5.54 Å². The molecular weight excluding hydrogens is 393 g/mol. The third kappa shape index (κ3) is 6.91. The van der Waals surface area contributed by atoms with Gasteiger partial charge in [0.1, 0.15) is 0 Å². The molecule has 24 heavy (non-hydrogen) atoms. The molecule has 1 spiro atoms. The van der Waals surface area contributed by atoms with Crippen molar-refractivity contribution >= 4 is 26.8 Å². The van der Waals surface area contributed by atoms with Crippen LogP contribution < -0.4 is 0 Å². The SMILES string of the molecule is COC1CC([Si](C)(C)[N-]C(C)(C)C)CC12C=CC=CC2.[CH3-].[Cl][Ti][Cl]. The summed E-state index contributed by atoms with van der Waals surface area (Å²) in [7, 11) is 10.1. The maximum atomic E-state index is 5.86. The molecule has 0 radical (unpaired) electrons. The van der Waals surface area contributed by atoms with Crippen LogP contribution in [0.4, 0.5) is 0 Å². The van der Waals surface area contributed by atoms with Crippen molar-refractivity contribution in [3.05, 3.63) is 36.7 Å². The fourth-order valence-corrected chi connectivity index (χ4v) is 7.64. The Morgan fingerprint density at radius 1 is 1.25 bits per heavy atom. The first-order valence-corrected chi connectivity index (χ1v) is 15.5. The van der Waals surface area contributed by atoms with Crippen LogP contribution in [0.25, 0.3) is 4.98 Å². The van der Waals surface area contributed by atoms with E-state index in [0.29, 0.717) is 6.10 Å². The van der Waals surface area contributed by atoms with E-state index in [0.717, 1.165) is 12.0 Å². The molecule has 2 aliphatic carbocycles. The van der Waals surface area contributed by atoms with Crippen LogP contribution in [0.1, 0.15) is 40.0 Å². The van der Waals surface area contributed by atoms with Gasteiger partial charge in [-0.1, -0.05) is 71.9 Å². The van der Waals surface area contributed by atoms with Gasteiger partial charge in [0.05, 0.1) is 6.10 Å². The minimum absolute atomic E-state index is 0. The van der Waals surface area contributed by atoms with Crippen molar-refractivity contribution in [3.8, 4) is 0 Å². The Hall–Kier alpha value is 0.911. The number of ether oxygens (including phenoxy) is 1. The van der Waals surface area contributed by atoms with E-state index in [1.807, 2.05) is 7.11 Å². The van der Waals surface area contributed by atoms with Crippen LogP contribution in [0.5, 0.6) is 0 Å². The standard InChI is InChI=1S/C17H30NOSi.CH3.2ClH.Ti/c1-16(2,3)18-20(5,6)14-12-15(19-4)17(13-14)10-8-7-9-11-17;;;;/h7-10,14-15H,11-13H2,1-6H3;1H3;2*1H;/q2*-1;;;+2/p-2. The first-order chi connectivity index (χ1) is 10.6. The van der Waals surface area contributed by atoms with E-state index in [1.165, 1.54) is 12.8 Å². The Morgan fingerprint density at radius 2 is 1.83 bits per heavy atom. The predicted molar refractivity (Wildman–Crippen MR) is 108 cm³/mol. The van der Waals surface area contributed by atoms with Gasteiger partial charge < -0.3 is 17.1 Å². The van der Waals surface area contributed by atoms with Gasteiger partial charge in [-0.25, -0.2) is 0 Å². The van der Waals surface area contributed by atoms with Crippen LogP contribution in [-0.2, 0) is 21.8 Å². The predicted octanol–water partition coefficient (Wildman–Crippen LogP) is 6.87. The topological polar surface area (TPSA) is 23.3 Å². The molecule has 6 heteroatoms. The Morgan fingerprint density at radius 3 is 2.25 bits per heavy atom. The first-order valence-electron chi connectivity index (χ1n) is 8.18. The van der Waals surface area contributed by atoms with E-state index in [4.69, 9.17) is 28.3 Å². The molecule has 0 aromatic heterocycles. The molecule has 1 fully saturated rings. The van der Waals surface area contributed by atoms with Crippen molar-refractivity contribution in [1.82, 2.24) is 0 Å². The van der Waals surface area contributed by atoms with Crippen LogP contribution in [0, 0.1) is 12.8 Å². The number of halogens is 2. The Balaban J connectivity index is 0.00000123. The monoisotopic (exact) mass is 425 g/mol. The molecule has 0 aromatic carbocycles. The number of hydrogen-bond donors (Lipinski definition) is 0. The summed E-state index contributed by atoms with van der Waals surface area (Å²) in [6.45, 7) is 11.5. The van der Waals surface area contributed by atoms with Crippen molar-refractivity contribution in [2.24, 2.45) is 5.41 Å². The maximum absolute atomic E-state index is 5.86. The van der Waals surface area contributed by atoms with Crippen LogP contribution >= 0.6 is 18.6 Å². The number of allylic oxidation sites excluding steroid dienone is 3. The molecule has 1 saturated carbocycles. The third-order valence-electron chi connectivity index (χ3n) is 4.85. The van der Waals surface area contributed by atoms with Crippen molar-refractivity contribution in [3.63, 3.8) is 0 Å². The normalized spacial score (nSPS) is 29.0. The van der Waals surface area contributed by atoms with Crippen molar-refractivity contribution < 1.29 is 21.8 Å². The molecule has 3 unspecified atom stereocenters. The molecule has 0 saturated heterocycles. The van der Waals surface area contributed by atoms with E-state index < -0.39 is 25.3 Å². The Kier molecular flexibility index (Phi) is 10.7. The molecule has 0 bridgehead atoms. The Labute approximate surface area is 167 Å². The van der Waals surface area contributed by atoms with Gasteiger partial charge in [-0.05, 0) is 19.3 Å². The molecule has 0 aromatic rings. The van der Waals surface area contributed by atoms with E-state index in [2.05, 4.69) is 58.2 Å². The zero-order chi connectivity index (χ0) is 17.7. The molecule has 2 rings (SSSR count). The molecule has 0 N–H and O–H groups in total. The second kappa shape index (κ2) is 10.3. The summed E-state index contributed by atoms with van der Waals surface area (Å²) in [5.74, 6) is 0. The molecule has 0 aliphatic heterocycles. The van der Waals surface area contributed by atoms with Gasteiger partial charge in [-0.3, -0.25) is 0 Å². The number of nitrogens with zero attached hydrogens (tertiary/aromatic N) is 1. The summed E-state index contributed by atoms with van der Waals surface area (Å²) < 4.78 is 5.86. The van der Waals surface area contributed by atoms with Gasteiger partial charge in [0.2, 0.25) is 0 Å². The first kappa shape index (κ1) is 24.9. The van der Waals surface area contributed by atoms with E-state index in [-0.39, 0.29) is 18.4 Å². The number of hydrogen-bond acceptors (Lipinski definition) is 1. The minimum atomic E-state index is -1.59. The second-order valence-electron chi connectivity index (χ2n) is 8.09. The molecule has 140 valence electrons.